The fraction of sp³-hybridized carbons (Fsp3) is 0.923. The zero-order valence-corrected chi connectivity index (χ0v) is 12.7. The fourth-order valence-electron chi connectivity index (χ4n) is 2.80. The van der Waals surface area contributed by atoms with E-state index in [1.54, 1.807) is 0 Å². The quantitative estimate of drug-likeness (QED) is 0.853. The minimum atomic E-state index is -3.18. The predicted molar refractivity (Wildman–Crippen MR) is 75.7 cm³/mol. The number of hydrogen-bond donors (Lipinski definition) is 1. The molecule has 0 aromatic rings. The van der Waals surface area contributed by atoms with E-state index in [1.807, 2.05) is 0 Å². The summed E-state index contributed by atoms with van der Waals surface area (Å²) in [7, 11) is -3.18. The van der Waals surface area contributed by atoms with Gasteiger partial charge in [-0.15, -0.1) is 0 Å². The van der Waals surface area contributed by atoms with Crippen molar-refractivity contribution in [2.45, 2.75) is 51.6 Å². The van der Waals surface area contributed by atoms with Crippen molar-refractivity contribution in [3.63, 3.8) is 0 Å². The average molecular weight is 288 g/mol. The second-order valence-electron chi connectivity index (χ2n) is 5.98. The number of nitrogens with one attached hydrogen (secondary N) is 1. The lowest BCUT2D eigenvalue weighted by Gasteiger charge is -2.30. The molecule has 0 radical (unpaired) electrons. The van der Waals surface area contributed by atoms with Crippen LogP contribution in [0.3, 0.4) is 0 Å². The molecule has 2 aliphatic rings. The molecule has 1 N–H and O–H groups in total. The lowest BCUT2D eigenvalue weighted by molar-refractivity contribution is 0.252. The molecule has 1 saturated carbocycles. The van der Waals surface area contributed by atoms with E-state index in [2.05, 4.69) is 23.6 Å². The van der Waals surface area contributed by atoms with Gasteiger partial charge in [-0.05, 0) is 18.8 Å². The van der Waals surface area contributed by atoms with Gasteiger partial charge in [0.25, 0.3) is 0 Å². The Bertz CT molecular complexity index is 445. The van der Waals surface area contributed by atoms with Crippen LogP contribution in [0.5, 0.6) is 0 Å². The number of rotatable bonds is 4. The highest BCUT2D eigenvalue weighted by molar-refractivity contribution is 7.88. The molecule has 1 aliphatic carbocycles. The van der Waals surface area contributed by atoms with Crippen molar-refractivity contribution in [2.75, 3.05) is 12.9 Å². The van der Waals surface area contributed by atoms with Crippen molar-refractivity contribution >= 4 is 15.9 Å². The maximum absolute atomic E-state index is 11.4. The number of aliphatic imine (C=N–C) groups is 1. The zero-order valence-electron chi connectivity index (χ0n) is 11.9. The summed E-state index contributed by atoms with van der Waals surface area (Å²) in [6.45, 7) is 4.90. The number of ether oxygens (including phenoxy) is 1. The summed E-state index contributed by atoms with van der Waals surface area (Å²) in [5, 5.41) is 0. The standard InChI is InChI=1S/C13H24N2O3S/c1-9(2)12-8-18-13(14-12)10-6-4-5-7-11(10)15-19(3,16)17/h9-12,15H,4-8H2,1-3H3/t10-,11-,12-/m1/s1. The first-order valence-electron chi connectivity index (χ1n) is 7.04. The lowest BCUT2D eigenvalue weighted by Crippen LogP contribution is -2.44. The summed E-state index contributed by atoms with van der Waals surface area (Å²) >= 11 is 0. The second-order valence-corrected chi connectivity index (χ2v) is 7.76. The Morgan fingerprint density at radius 3 is 2.58 bits per heavy atom. The Morgan fingerprint density at radius 2 is 2.00 bits per heavy atom. The van der Waals surface area contributed by atoms with E-state index < -0.39 is 10.0 Å². The Labute approximate surface area is 115 Å². The van der Waals surface area contributed by atoms with Gasteiger partial charge in [0.1, 0.15) is 6.61 Å². The first-order chi connectivity index (χ1) is 8.87. The summed E-state index contributed by atoms with van der Waals surface area (Å²) in [5.41, 5.74) is 0. The molecule has 0 saturated heterocycles. The van der Waals surface area contributed by atoms with E-state index in [1.165, 1.54) is 6.26 Å². The predicted octanol–water partition coefficient (Wildman–Crippen LogP) is 1.55. The van der Waals surface area contributed by atoms with Crippen molar-refractivity contribution in [3.8, 4) is 0 Å². The maximum atomic E-state index is 11.4. The molecule has 19 heavy (non-hydrogen) atoms. The van der Waals surface area contributed by atoms with Crippen molar-refractivity contribution in [2.24, 2.45) is 16.8 Å². The molecule has 5 nitrogen and oxygen atoms in total. The molecular weight excluding hydrogens is 264 g/mol. The van der Waals surface area contributed by atoms with Crippen molar-refractivity contribution < 1.29 is 13.2 Å². The molecule has 0 bridgehead atoms. The number of hydrogen-bond acceptors (Lipinski definition) is 4. The van der Waals surface area contributed by atoms with Crippen LogP contribution in [-0.2, 0) is 14.8 Å². The van der Waals surface area contributed by atoms with Gasteiger partial charge in [0.15, 0.2) is 5.90 Å². The summed E-state index contributed by atoms with van der Waals surface area (Å²) in [6, 6.07) is 0.157. The van der Waals surface area contributed by atoms with Gasteiger partial charge < -0.3 is 4.74 Å². The maximum Gasteiger partial charge on any atom is 0.208 e. The molecule has 1 fully saturated rings. The third kappa shape index (κ3) is 3.92. The molecule has 0 aromatic carbocycles. The molecule has 1 aliphatic heterocycles. The van der Waals surface area contributed by atoms with Gasteiger partial charge in [-0.1, -0.05) is 26.7 Å². The van der Waals surface area contributed by atoms with Gasteiger partial charge in [-0.25, -0.2) is 18.1 Å². The molecule has 0 amide bonds. The Hall–Kier alpha value is -0.620. The van der Waals surface area contributed by atoms with Crippen molar-refractivity contribution in [1.29, 1.82) is 0 Å². The Balaban J connectivity index is 2.10. The van der Waals surface area contributed by atoms with Gasteiger partial charge in [0.2, 0.25) is 10.0 Å². The van der Waals surface area contributed by atoms with Gasteiger partial charge in [-0.3, -0.25) is 0 Å². The minimum Gasteiger partial charge on any atom is -0.478 e. The molecule has 6 heteroatoms. The number of nitrogens with zero attached hydrogens (tertiary/aromatic N) is 1. The fourth-order valence-corrected chi connectivity index (χ4v) is 3.63. The molecule has 110 valence electrons. The molecule has 2 rings (SSSR count). The van der Waals surface area contributed by atoms with E-state index in [0.29, 0.717) is 12.5 Å². The minimum absolute atomic E-state index is 0.0617. The van der Waals surface area contributed by atoms with E-state index in [-0.39, 0.29) is 18.0 Å². The van der Waals surface area contributed by atoms with Crippen molar-refractivity contribution in [1.82, 2.24) is 4.72 Å². The van der Waals surface area contributed by atoms with Crippen molar-refractivity contribution in [3.05, 3.63) is 0 Å². The lowest BCUT2D eigenvalue weighted by atomic mass is 9.85. The van der Waals surface area contributed by atoms with Crippen LogP contribution in [0.1, 0.15) is 39.5 Å². The highest BCUT2D eigenvalue weighted by atomic mass is 32.2. The van der Waals surface area contributed by atoms with E-state index >= 15 is 0 Å². The average Bonchev–Trinajstić information content (AvgIpc) is 2.76. The highest BCUT2D eigenvalue weighted by Crippen LogP contribution is 2.29. The highest BCUT2D eigenvalue weighted by Gasteiger charge is 2.35. The zero-order chi connectivity index (χ0) is 14.0. The summed E-state index contributed by atoms with van der Waals surface area (Å²) in [6.07, 6.45) is 5.21. The van der Waals surface area contributed by atoms with E-state index in [4.69, 9.17) is 4.74 Å². The van der Waals surface area contributed by atoms with Gasteiger partial charge in [-0.2, -0.15) is 0 Å². The molecule has 0 spiro atoms. The van der Waals surface area contributed by atoms with Crippen LogP contribution in [0.4, 0.5) is 0 Å². The molecule has 0 unspecified atom stereocenters. The monoisotopic (exact) mass is 288 g/mol. The smallest absolute Gasteiger partial charge is 0.208 e. The third-order valence-electron chi connectivity index (χ3n) is 3.91. The van der Waals surface area contributed by atoms with Crippen LogP contribution >= 0.6 is 0 Å². The van der Waals surface area contributed by atoms with Gasteiger partial charge >= 0.3 is 0 Å². The van der Waals surface area contributed by atoms with Crippen LogP contribution < -0.4 is 4.72 Å². The topological polar surface area (TPSA) is 67.8 Å². The normalized spacial score (nSPS) is 32.2. The first kappa shape index (κ1) is 14.8. The number of sulfonamides is 1. The van der Waals surface area contributed by atoms with Gasteiger partial charge in [0, 0.05) is 6.04 Å². The Kier molecular flexibility index (Phi) is 4.50. The largest absolute Gasteiger partial charge is 0.478 e. The first-order valence-corrected chi connectivity index (χ1v) is 8.94. The summed E-state index contributed by atoms with van der Waals surface area (Å²) < 4.78 is 31.3. The SMILES string of the molecule is CC(C)[C@H]1COC([C@@H]2CCCC[C@H]2NS(C)(=O)=O)=N1. The van der Waals surface area contributed by atoms with E-state index in [9.17, 15) is 8.42 Å². The van der Waals surface area contributed by atoms with Crippen LogP contribution in [0.2, 0.25) is 0 Å². The van der Waals surface area contributed by atoms with Crippen LogP contribution in [0.25, 0.3) is 0 Å². The van der Waals surface area contributed by atoms with Crippen LogP contribution in [-0.4, -0.2) is 39.3 Å². The van der Waals surface area contributed by atoms with E-state index in [0.717, 1.165) is 31.6 Å². The Morgan fingerprint density at radius 1 is 1.32 bits per heavy atom. The van der Waals surface area contributed by atoms with Crippen LogP contribution in [0.15, 0.2) is 4.99 Å². The molecule has 3 atom stereocenters. The molecular formula is C13H24N2O3S. The van der Waals surface area contributed by atoms with Crippen LogP contribution in [0, 0.1) is 11.8 Å². The third-order valence-corrected chi connectivity index (χ3v) is 4.64. The summed E-state index contributed by atoms with van der Waals surface area (Å²) in [5.74, 6) is 1.33. The van der Waals surface area contributed by atoms with Gasteiger partial charge in [0.05, 0.1) is 18.2 Å². The molecule has 1 heterocycles. The second kappa shape index (κ2) is 5.79. The molecule has 0 aromatic heterocycles. The summed E-state index contributed by atoms with van der Waals surface area (Å²) in [4.78, 5) is 4.65.